The first-order chi connectivity index (χ1) is 12.1. The first kappa shape index (κ1) is 15.8. The molecular weight excluding hydrogens is 318 g/mol. The molecule has 0 amide bonds. The highest BCUT2D eigenvalue weighted by Gasteiger charge is 2.24. The molecule has 0 aliphatic heterocycles. The highest BCUT2D eigenvalue weighted by Crippen LogP contribution is 2.33. The van der Waals surface area contributed by atoms with Gasteiger partial charge in [0.25, 0.3) is 5.56 Å². The van der Waals surface area contributed by atoms with Crippen LogP contribution in [0.1, 0.15) is 37.4 Å². The molecule has 0 N–H and O–H groups in total. The van der Waals surface area contributed by atoms with Gasteiger partial charge in [0, 0.05) is 31.7 Å². The van der Waals surface area contributed by atoms with Crippen LogP contribution in [0.5, 0.6) is 0 Å². The van der Waals surface area contributed by atoms with E-state index in [-0.39, 0.29) is 11.2 Å². The zero-order valence-corrected chi connectivity index (χ0v) is 14.7. The topological polar surface area (TPSA) is 74.7 Å². The molecule has 1 aliphatic carbocycles. The van der Waals surface area contributed by atoms with Crippen LogP contribution in [0, 0.1) is 0 Å². The average molecular weight is 339 g/mol. The first-order valence-corrected chi connectivity index (χ1v) is 8.70. The van der Waals surface area contributed by atoms with E-state index in [4.69, 9.17) is 0 Å². The number of aromatic nitrogens is 5. The third kappa shape index (κ3) is 2.11. The van der Waals surface area contributed by atoms with Crippen LogP contribution in [0.4, 0.5) is 0 Å². The van der Waals surface area contributed by atoms with Crippen molar-refractivity contribution in [2.75, 3.05) is 0 Å². The molecule has 0 fully saturated rings. The number of rotatable bonds is 3. The second-order valence-corrected chi connectivity index (χ2v) is 6.61. The fourth-order valence-electron chi connectivity index (χ4n) is 3.71. The molecule has 0 saturated carbocycles. The largest absolute Gasteiger partial charge is 0.332 e. The van der Waals surface area contributed by atoms with Gasteiger partial charge in [-0.2, -0.15) is 0 Å². The number of allylic oxidation sites excluding steroid dienone is 1. The molecule has 4 rings (SSSR count). The predicted octanol–water partition coefficient (Wildman–Crippen LogP) is 1.74. The zero-order chi connectivity index (χ0) is 17.7. The molecule has 1 aliphatic rings. The van der Waals surface area contributed by atoms with Gasteiger partial charge >= 0.3 is 5.69 Å². The Morgan fingerprint density at radius 3 is 2.60 bits per heavy atom. The maximum atomic E-state index is 12.9. The maximum Gasteiger partial charge on any atom is 0.332 e. The van der Waals surface area contributed by atoms with Crippen LogP contribution in [0.2, 0.25) is 0 Å². The van der Waals surface area contributed by atoms with Gasteiger partial charge in [0.15, 0.2) is 11.3 Å². The van der Waals surface area contributed by atoms with Crippen LogP contribution >= 0.6 is 0 Å². The second-order valence-electron chi connectivity index (χ2n) is 6.61. The molecule has 0 radical (unpaired) electrons. The number of unbranched alkanes of at least 4 members (excludes halogenated alkanes) is 1. The summed E-state index contributed by atoms with van der Waals surface area (Å²) in [5, 5.41) is 10.0. The van der Waals surface area contributed by atoms with Crippen molar-refractivity contribution in [1.29, 1.82) is 0 Å². The molecule has 25 heavy (non-hydrogen) atoms. The molecule has 130 valence electrons. The molecule has 0 saturated heterocycles. The second kappa shape index (κ2) is 5.68. The van der Waals surface area contributed by atoms with E-state index in [1.54, 1.807) is 7.05 Å². The first-order valence-electron chi connectivity index (χ1n) is 8.70. The van der Waals surface area contributed by atoms with Crippen molar-refractivity contribution in [2.45, 2.75) is 39.2 Å². The van der Waals surface area contributed by atoms with E-state index in [2.05, 4.69) is 33.8 Å². The number of nitrogens with zero attached hydrogens (tertiary/aromatic N) is 5. The molecule has 3 aromatic rings. The summed E-state index contributed by atoms with van der Waals surface area (Å²) in [6, 6.07) is 0. The third-order valence-electron chi connectivity index (χ3n) is 5.08. The van der Waals surface area contributed by atoms with Crippen LogP contribution in [0.3, 0.4) is 0 Å². The predicted molar refractivity (Wildman–Crippen MR) is 97.8 cm³/mol. The normalized spacial score (nSPS) is 13.7. The molecule has 0 aromatic carbocycles. The van der Waals surface area contributed by atoms with Gasteiger partial charge in [-0.15, -0.1) is 10.2 Å². The zero-order valence-electron chi connectivity index (χ0n) is 14.7. The SMILES string of the molecule is CCCCn1c2c(c3c4c(=O)n(C)c(=O)n(C)c4nnc31)CCC=C2. The van der Waals surface area contributed by atoms with E-state index < -0.39 is 0 Å². The fraction of sp³-hybridized carbons (Fsp3) is 0.444. The fourth-order valence-corrected chi connectivity index (χ4v) is 3.71. The Labute approximate surface area is 144 Å². The Hall–Kier alpha value is -2.70. The number of fused-ring (bicyclic) bond motifs is 5. The van der Waals surface area contributed by atoms with Crippen molar-refractivity contribution in [1.82, 2.24) is 23.9 Å². The van der Waals surface area contributed by atoms with Crippen molar-refractivity contribution in [3.63, 3.8) is 0 Å². The van der Waals surface area contributed by atoms with Gasteiger partial charge < -0.3 is 4.57 Å². The summed E-state index contributed by atoms with van der Waals surface area (Å²) in [6.07, 6.45) is 8.20. The van der Waals surface area contributed by atoms with Gasteiger partial charge in [0.2, 0.25) is 0 Å². The maximum absolute atomic E-state index is 12.9. The summed E-state index contributed by atoms with van der Waals surface area (Å²) in [6.45, 7) is 3.00. The molecule has 7 heteroatoms. The lowest BCUT2D eigenvalue weighted by Crippen LogP contribution is -2.37. The average Bonchev–Trinajstić information content (AvgIpc) is 2.96. The molecule has 0 atom stereocenters. The monoisotopic (exact) mass is 339 g/mol. The summed E-state index contributed by atoms with van der Waals surface area (Å²) >= 11 is 0. The van der Waals surface area contributed by atoms with Crippen molar-refractivity contribution < 1.29 is 0 Å². The Morgan fingerprint density at radius 2 is 1.84 bits per heavy atom. The third-order valence-corrected chi connectivity index (χ3v) is 5.08. The smallest absolute Gasteiger partial charge is 0.324 e. The Balaban J connectivity index is 2.23. The Morgan fingerprint density at radius 1 is 1.08 bits per heavy atom. The quantitative estimate of drug-likeness (QED) is 0.728. The van der Waals surface area contributed by atoms with Gasteiger partial charge in [-0.05, 0) is 30.9 Å². The summed E-state index contributed by atoms with van der Waals surface area (Å²) < 4.78 is 4.72. The van der Waals surface area contributed by atoms with Gasteiger partial charge in [0.05, 0.1) is 5.39 Å². The lowest BCUT2D eigenvalue weighted by atomic mass is 10.0. The molecule has 0 unspecified atom stereocenters. The van der Waals surface area contributed by atoms with Crippen molar-refractivity contribution in [2.24, 2.45) is 14.1 Å². The molecule has 3 aromatic heterocycles. The van der Waals surface area contributed by atoms with Gasteiger partial charge in [0.1, 0.15) is 0 Å². The van der Waals surface area contributed by atoms with E-state index in [0.29, 0.717) is 11.0 Å². The Kier molecular flexibility index (Phi) is 3.59. The summed E-state index contributed by atoms with van der Waals surface area (Å²) in [4.78, 5) is 25.1. The number of hydrogen-bond donors (Lipinski definition) is 0. The van der Waals surface area contributed by atoms with Gasteiger partial charge in [-0.25, -0.2) is 4.79 Å². The molecule has 0 spiro atoms. The molecule has 0 bridgehead atoms. The van der Waals surface area contributed by atoms with Crippen LogP contribution in [-0.4, -0.2) is 23.9 Å². The van der Waals surface area contributed by atoms with Crippen LogP contribution in [0.15, 0.2) is 15.7 Å². The summed E-state index contributed by atoms with van der Waals surface area (Å²) in [7, 11) is 3.14. The van der Waals surface area contributed by atoms with Crippen LogP contribution < -0.4 is 11.2 Å². The lowest BCUT2D eigenvalue weighted by molar-refractivity contribution is 0.636. The highest BCUT2D eigenvalue weighted by atomic mass is 16.2. The minimum Gasteiger partial charge on any atom is -0.324 e. The standard InChI is InChI=1S/C18H21N5O2/c1-4-5-10-23-12-9-7-6-8-11(12)13-14-15(19-20-16(13)23)21(2)18(25)22(3)17(14)24/h7,9H,4-6,8,10H2,1-3H3. The van der Waals surface area contributed by atoms with E-state index in [1.165, 1.54) is 11.6 Å². The lowest BCUT2D eigenvalue weighted by Gasteiger charge is -2.10. The highest BCUT2D eigenvalue weighted by molar-refractivity contribution is 6.05. The Bertz CT molecular complexity index is 1150. The van der Waals surface area contributed by atoms with Gasteiger partial charge in [-0.1, -0.05) is 19.4 Å². The van der Waals surface area contributed by atoms with Gasteiger partial charge in [-0.3, -0.25) is 13.9 Å². The van der Waals surface area contributed by atoms with E-state index in [1.807, 2.05) is 0 Å². The van der Waals surface area contributed by atoms with Crippen molar-refractivity contribution in [3.8, 4) is 0 Å². The number of hydrogen-bond acceptors (Lipinski definition) is 4. The molecular formula is C18H21N5O2. The molecule has 3 heterocycles. The van der Waals surface area contributed by atoms with E-state index >= 15 is 0 Å². The molecule has 7 nitrogen and oxygen atoms in total. The minimum atomic E-state index is -0.384. The van der Waals surface area contributed by atoms with E-state index in [0.717, 1.165) is 59.1 Å². The minimum absolute atomic E-state index is 0.303. The van der Waals surface area contributed by atoms with E-state index in [9.17, 15) is 9.59 Å². The summed E-state index contributed by atoms with van der Waals surface area (Å²) in [5.41, 5.74) is 2.67. The van der Waals surface area contributed by atoms with Crippen molar-refractivity contribution in [3.05, 3.63) is 38.2 Å². The number of aryl methyl sites for hydroxylation is 3. The van der Waals surface area contributed by atoms with Crippen molar-refractivity contribution >= 4 is 28.1 Å². The summed E-state index contributed by atoms with van der Waals surface area (Å²) in [5.74, 6) is 0. The van der Waals surface area contributed by atoms with Crippen LogP contribution in [-0.2, 0) is 27.1 Å². The van der Waals surface area contributed by atoms with Crippen LogP contribution in [0.25, 0.3) is 28.1 Å².